The lowest BCUT2D eigenvalue weighted by Crippen LogP contribution is -2.30. The summed E-state index contributed by atoms with van der Waals surface area (Å²) < 4.78 is 16.6. The zero-order chi connectivity index (χ0) is 42.3. The van der Waals surface area contributed by atoms with E-state index in [0.717, 1.165) is 122 Å². The Morgan fingerprint density at radius 2 is 0.672 bits per heavy atom. The van der Waals surface area contributed by atoms with E-state index in [1.165, 1.54) is 57.8 Å². The second-order valence-electron chi connectivity index (χ2n) is 15.6. The first-order chi connectivity index (χ1) is 28.5. The van der Waals surface area contributed by atoms with Gasteiger partial charge in [0.15, 0.2) is 6.10 Å². The number of carbonyl (C=O) groups excluding carboxylic acids is 3. The predicted molar refractivity (Wildman–Crippen MR) is 247 cm³/mol. The highest BCUT2D eigenvalue weighted by molar-refractivity contribution is 5.71. The molecular weight excluding hydrogens is 721 g/mol. The van der Waals surface area contributed by atoms with E-state index in [2.05, 4.69) is 93.7 Å². The van der Waals surface area contributed by atoms with Crippen LogP contribution in [0.2, 0.25) is 0 Å². The van der Waals surface area contributed by atoms with Gasteiger partial charge in [-0.05, 0) is 89.9 Å². The molecule has 6 nitrogen and oxygen atoms in total. The molecule has 0 heterocycles. The number of ether oxygens (including phenoxy) is 3. The van der Waals surface area contributed by atoms with Crippen molar-refractivity contribution in [1.29, 1.82) is 0 Å². The number of hydrogen-bond donors (Lipinski definition) is 0. The van der Waals surface area contributed by atoms with Gasteiger partial charge in [-0.25, -0.2) is 0 Å². The minimum absolute atomic E-state index is 0.0856. The van der Waals surface area contributed by atoms with Gasteiger partial charge in [-0.1, -0.05) is 184 Å². The SMILES string of the molecule is CC/C=C\C/C=C\C/C=C\C/C=C\C/C=C\CCCCCCCC(=O)OCC(COC(=O)CCCCCCCC)OC(=O)CCCCCCC/C=C\CCCCCC. The molecule has 6 heteroatoms. The lowest BCUT2D eigenvalue weighted by atomic mass is 10.1. The minimum atomic E-state index is -0.783. The van der Waals surface area contributed by atoms with Crippen LogP contribution in [-0.4, -0.2) is 37.2 Å². The maximum atomic E-state index is 12.7. The van der Waals surface area contributed by atoms with Crippen LogP contribution in [0.5, 0.6) is 0 Å². The molecule has 0 spiro atoms. The molecule has 1 atom stereocenters. The molecule has 0 aliphatic rings. The summed E-state index contributed by atoms with van der Waals surface area (Å²) in [5.74, 6) is -0.927. The van der Waals surface area contributed by atoms with Gasteiger partial charge in [0.05, 0.1) is 0 Å². The molecule has 0 aromatic heterocycles. The lowest BCUT2D eigenvalue weighted by Gasteiger charge is -2.18. The van der Waals surface area contributed by atoms with Crippen molar-refractivity contribution in [1.82, 2.24) is 0 Å². The molecule has 0 fully saturated rings. The molecule has 0 saturated heterocycles. The largest absolute Gasteiger partial charge is 0.462 e. The van der Waals surface area contributed by atoms with Crippen LogP contribution in [0.25, 0.3) is 0 Å². The Morgan fingerprint density at radius 3 is 1.09 bits per heavy atom. The van der Waals surface area contributed by atoms with Crippen molar-refractivity contribution in [2.75, 3.05) is 13.2 Å². The fourth-order valence-electron chi connectivity index (χ4n) is 6.34. The monoisotopic (exact) mass is 809 g/mol. The van der Waals surface area contributed by atoms with E-state index in [1.54, 1.807) is 0 Å². The number of allylic oxidation sites excluding steroid dienone is 12. The standard InChI is InChI=1S/C52H88O6/c1-4-7-10-13-16-18-20-22-23-24-25-26-27-28-29-31-32-34-36-39-42-45-51(54)57-48-49(47-56-50(53)44-41-38-15-12-9-6-3)58-52(55)46-43-40-37-35-33-30-21-19-17-14-11-8-5-2/h7,10,16,18-19,21-23,25-26,28-29,49H,4-6,8-9,11-15,17,20,24,27,30-48H2,1-3H3/b10-7-,18-16-,21-19-,23-22-,26-25-,29-28-. The first-order valence-corrected chi connectivity index (χ1v) is 23.9. The fourth-order valence-corrected chi connectivity index (χ4v) is 6.34. The zero-order valence-electron chi connectivity index (χ0n) is 37.8. The minimum Gasteiger partial charge on any atom is -0.462 e. The Bertz CT molecular complexity index is 1110. The van der Waals surface area contributed by atoms with E-state index >= 15 is 0 Å². The highest BCUT2D eigenvalue weighted by Gasteiger charge is 2.19. The van der Waals surface area contributed by atoms with E-state index < -0.39 is 6.10 Å². The second kappa shape index (κ2) is 46.5. The quantitative estimate of drug-likeness (QED) is 0.0264. The summed E-state index contributed by atoms with van der Waals surface area (Å²) in [6, 6.07) is 0. The summed E-state index contributed by atoms with van der Waals surface area (Å²) >= 11 is 0. The Balaban J connectivity index is 4.28. The van der Waals surface area contributed by atoms with Gasteiger partial charge in [0.2, 0.25) is 0 Å². The predicted octanol–water partition coefficient (Wildman–Crippen LogP) is 15.5. The Hall–Kier alpha value is -3.15. The summed E-state index contributed by atoms with van der Waals surface area (Å²) in [7, 11) is 0. The third kappa shape index (κ3) is 44.0. The van der Waals surface area contributed by atoms with Gasteiger partial charge in [-0.3, -0.25) is 14.4 Å². The van der Waals surface area contributed by atoms with Crippen molar-refractivity contribution >= 4 is 17.9 Å². The highest BCUT2D eigenvalue weighted by Crippen LogP contribution is 2.13. The van der Waals surface area contributed by atoms with Crippen LogP contribution >= 0.6 is 0 Å². The van der Waals surface area contributed by atoms with Gasteiger partial charge in [0, 0.05) is 19.3 Å². The van der Waals surface area contributed by atoms with Crippen molar-refractivity contribution in [2.24, 2.45) is 0 Å². The van der Waals surface area contributed by atoms with Crippen LogP contribution in [0.4, 0.5) is 0 Å². The highest BCUT2D eigenvalue weighted by atomic mass is 16.6. The number of carbonyl (C=O) groups is 3. The zero-order valence-corrected chi connectivity index (χ0v) is 37.8. The van der Waals surface area contributed by atoms with Crippen molar-refractivity contribution in [2.45, 2.75) is 226 Å². The van der Waals surface area contributed by atoms with Crippen LogP contribution in [0.15, 0.2) is 72.9 Å². The molecule has 0 amide bonds. The van der Waals surface area contributed by atoms with E-state index in [0.29, 0.717) is 19.3 Å². The van der Waals surface area contributed by atoms with Crippen LogP contribution in [-0.2, 0) is 28.6 Å². The summed E-state index contributed by atoms with van der Waals surface area (Å²) in [5.41, 5.74) is 0. The van der Waals surface area contributed by atoms with Gasteiger partial charge in [0.25, 0.3) is 0 Å². The van der Waals surface area contributed by atoms with Gasteiger partial charge in [0.1, 0.15) is 13.2 Å². The smallest absolute Gasteiger partial charge is 0.306 e. The number of hydrogen-bond acceptors (Lipinski definition) is 6. The molecule has 0 aromatic rings. The van der Waals surface area contributed by atoms with E-state index in [4.69, 9.17) is 14.2 Å². The molecule has 1 unspecified atom stereocenters. The summed E-state index contributed by atoms with van der Waals surface area (Å²) in [5, 5.41) is 0. The van der Waals surface area contributed by atoms with E-state index in [1.807, 2.05) is 0 Å². The fraction of sp³-hybridized carbons (Fsp3) is 0.712. The van der Waals surface area contributed by atoms with Crippen molar-refractivity contribution in [3.63, 3.8) is 0 Å². The average molecular weight is 809 g/mol. The van der Waals surface area contributed by atoms with E-state index in [9.17, 15) is 14.4 Å². The van der Waals surface area contributed by atoms with Crippen LogP contribution in [0, 0.1) is 0 Å². The van der Waals surface area contributed by atoms with Gasteiger partial charge < -0.3 is 14.2 Å². The average Bonchev–Trinajstić information content (AvgIpc) is 3.22. The van der Waals surface area contributed by atoms with Gasteiger partial charge in [-0.2, -0.15) is 0 Å². The van der Waals surface area contributed by atoms with Crippen LogP contribution < -0.4 is 0 Å². The Morgan fingerprint density at radius 1 is 0.362 bits per heavy atom. The van der Waals surface area contributed by atoms with Gasteiger partial charge in [-0.15, -0.1) is 0 Å². The molecule has 0 aromatic carbocycles. The van der Waals surface area contributed by atoms with Crippen molar-refractivity contribution in [3.05, 3.63) is 72.9 Å². The molecule has 0 aliphatic carbocycles. The van der Waals surface area contributed by atoms with E-state index in [-0.39, 0.29) is 31.1 Å². The summed E-state index contributed by atoms with van der Waals surface area (Å²) in [6.45, 7) is 6.41. The molecule has 0 radical (unpaired) electrons. The number of rotatable bonds is 42. The third-order valence-corrected chi connectivity index (χ3v) is 9.95. The van der Waals surface area contributed by atoms with Crippen LogP contribution in [0.1, 0.15) is 220 Å². The van der Waals surface area contributed by atoms with Crippen molar-refractivity contribution < 1.29 is 28.6 Å². The molecule has 332 valence electrons. The van der Waals surface area contributed by atoms with Gasteiger partial charge >= 0.3 is 17.9 Å². The molecule has 0 saturated carbocycles. The molecule has 0 N–H and O–H groups in total. The number of unbranched alkanes of at least 4 members (excludes halogenated alkanes) is 19. The maximum Gasteiger partial charge on any atom is 0.306 e. The Labute approximate surface area is 357 Å². The topological polar surface area (TPSA) is 78.9 Å². The first kappa shape index (κ1) is 54.9. The molecular formula is C52H88O6. The normalized spacial score (nSPS) is 12.7. The van der Waals surface area contributed by atoms with Crippen LogP contribution in [0.3, 0.4) is 0 Å². The molecule has 0 aliphatic heterocycles. The molecule has 0 rings (SSSR count). The lowest BCUT2D eigenvalue weighted by molar-refractivity contribution is -0.167. The number of esters is 3. The molecule has 0 bridgehead atoms. The molecule has 58 heavy (non-hydrogen) atoms. The first-order valence-electron chi connectivity index (χ1n) is 23.9. The maximum absolute atomic E-state index is 12.7. The second-order valence-corrected chi connectivity index (χ2v) is 15.6. The third-order valence-electron chi connectivity index (χ3n) is 9.95. The summed E-state index contributed by atoms with van der Waals surface area (Å²) in [4.78, 5) is 37.6. The van der Waals surface area contributed by atoms with Crippen molar-refractivity contribution in [3.8, 4) is 0 Å². The summed E-state index contributed by atoms with van der Waals surface area (Å²) in [6.07, 6.45) is 57.6. The Kier molecular flexibility index (Phi) is 44.0.